The summed E-state index contributed by atoms with van der Waals surface area (Å²) in [5.41, 5.74) is 5.85. The third-order valence-corrected chi connectivity index (χ3v) is 4.73. The standard InChI is InChI=1S/C22H21N3O2/c1-15-18(13-16-9-5-3-6-10-16)22(26)25-21(23-15)20(19(24-25)14-27-2)17-11-7-4-8-12-17/h3-12,24H,13-14H2,1-2H3. The maximum absolute atomic E-state index is 13.2. The first kappa shape index (κ1) is 17.2. The quantitative estimate of drug-likeness (QED) is 0.591. The molecule has 0 radical (unpaired) electrons. The maximum atomic E-state index is 13.2. The lowest BCUT2D eigenvalue weighted by atomic mass is 10.0. The van der Waals surface area contributed by atoms with E-state index in [1.54, 1.807) is 11.6 Å². The molecule has 5 heteroatoms. The van der Waals surface area contributed by atoms with E-state index >= 15 is 0 Å². The van der Waals surface area contributed by atoms with Crippen molar-refractivity contribution in [3.63, 3.8) is 0 Å². The summed E-state index contributed by atoms with van der Waals surface area (Å²) in [5.74, 6) is 0. The normalized spacial score (nSPS) is 11.2. The van der Waals surface area contributed by atoms with E-state index in [1.807, 2.05) is 67.6 Å². The number of methoxy groups -OCH3 is 1. The lowest BCUT2D eigenvalue weighted by Gasteiger charge is -2.07. The number of fused-ring (bicyclic) bond motifs is 1. The predicted octanol–water partition coefficient (Wildman–Crippen LogP) is 3.74. The number of rotatable bonds is 5. The van der Waals surface area contributed by atoms with Gasteiger partial charge in [-0.15, -0.1) is 0 Å². The second-order valence-corrected chi connectivity index (χ2v) is 6.57. The fourth-order valence-electron chi connectivity index (χ4n) is 3.42. The smallest absolute Gasteiger partial charge is 0.276 e. The maximum Gasteiger partial charge on any atom is 0.276 e. The van der Waals surface area contributed by atoms with Crippen LogP contribution in [0.25, 0.3) is 16.8 Å². The molecule has 0 bridgehead atoms. The van der Waals surface area contributed by atoms with Gasteiger partial charge in [-0.2, -0.15) is 0 Å². The van der Waals surface area contributed by atoms with E-state index in [0.29, 0.717) is 24.2 Å². The minimum absolute atomic E-state index is 0.0686. The average Bonchev–Trinajstić information content (AvgIpc) is 3.05. The zero-order valence-corrected chi connectivity index (χ0v) is 15.4. The Balaban J connectivity index is 1.93. The van der Waals surface area contributed by atoms with Crippen molar-refractivity contribution in [2.75, 3.05) is 7.11 Å². The van der Waals surface area contributed by atoms with Gasteiger partial charge >= 0.3 is 0 Å². The minimum Gasteiger partial charge on any atom is -0.378 e. The van der Waals surface area contributed by atoms with Gasteiger partial charge < -0.3 is 4.74 Å². The molecule has 0 saturated heterocycles. The van der Waals surface area contributed by atoms with Gasteiger partial charge in [-0.1, -0.05) is 60.7 Å². The van der Waals surface area contributed by atoms with Crippen LogP contribution in [0, 0.1) is 6.92 Å². The van der Waals surface area contributed by atoms with Crippen molar-refractivity contribution in [1.82, 2.24) is 14.6 Å². The molecule has 0 fully saturated rings. The molecule has 2 heterocycles. The van der Waals surface area contributed by atoms with Crippen molar-refractivity contribution in [3.8, 4) is 11.1 Å². The number of aryl methyl sites for hydroxylation is 1. The highest BCUT2D eigenvalue weighted by Crippen LogP contribution is 2.28. The summed E-state index contributed by atoms with van der Waals surface area (Å²) >= 11 is 0. The Morgan fingerprint density at radius 2 is 1.70 bits per heavy atom. The summed E-state index contributed by atoms with van der Waals surface area (Å²) < 4.78 is 6.88. The molecular formula is C22H21N3O2. The van der Waals surface area contributed by atoms with Crippen molar-refractivity contribution in [2.45, 2.75) is 20.0 Å². The number of H-pyrrole nitrogens is 1. The summed E-state index contributed by atoms with van der Waals surface area (Å²) in [6.45, 7) is 2.28. The highest BCUT2D eigenvalue weighted by molar-refractivity contribution is 5.80. The number of nitrogens with one attached hydrogen (secondary N) is 1. The van der Waals surface area contributed by atoms with E-state index < -0.39 is 0 Å². The molecule has 2 aromatic heterocycles. The van der Waals surface area contributed by atoms with Crippen molar-refractivity contribution in [2.24, 2.45) is 0 Å². The number of benzene rings is 2. The molecule has 0 saturated carbocycles. The molecule has 4 rings (SSSR count). The van der Waals surface area contributed by atoms with Gasteiger partial charge in [0.25, 0.3) is 5.56 Å². The first-order chi connectivity index (χ1) is 13.2. The average molecular weight is 359 g/mol. The second kappa shape index (κ2) is 7.21. The summed E-state index contributed by atoms with van der Waals surface area (Å²) in [7, 11) is 1.64. The molecule has 0 aliphatic carbocycles. The Morgan fingerprint density at radius 1 is 1.04 bits per heavy atom. The molecule has 136 valence electrons. The van der Waals surface area contributed by atoms with Gasteiger partial charge in [-0.05, 0) is 18.1 Å². The SMILES string of the molecule is COCc1[nH]n2c(=O)c(Cc3ccccc3)c(C)nc2c1-c1ccccc1. The Labute approximate surface area is 157 Å². The highest BCUT2D eigenvalue weighted by Gasteiger charge is 2.19. The first-order valence-electron chi connectivity index (χ1n) is 8.90. The molecule has 27 heavy (non-hydrogen) atoms. The molecule has 5 nitrogen and oxygen atoms in total. The topological polar surface area (TPSA) is 59.4 Å². The van der Waals surface area contributed by atoms with Crippen LogP contribution in [0.2, 0.25) is 0 Å². The molecule has 0 unspecified atom stereocenters. The number of aromatic nitrogens is 3. The van der Waals surface area contributed by atoms with Crippen LogP contribution in [-0.4, -0.2) is 21.7 Å². The highest BCUT2D eigenvalue weighted by atomic mass is 16.5. The van der Waals surface area contributed by atoms with Gasteiger partial charge in [0.2, 0.25) is 0 Å². The van der Waals surface area contributed by atoms with Crippen molar-refractivity contribution >= 4 is 5.65 Å². The van der Waals surface area contributed by atoms with Crippen molar-refractivity contribution in [3.05, 3.63) is 93.5 Å². The van der Waals surface area contributed by atoms with E-state index in [-0.39, 0.29) is 5.56 Å². The van der Waals surface area contributed by atoms with Gasteiger partial charge in [0.15, 0.2) is 5.65 Å². The molecule has 2 aromatic carbocycles. The summed E-state index contributed by atoms with van der Waals surface area (Å²) in [5, 5.41) is 3.20. The van der Waals surface area contributed by atoms with E-state index in [4.69, 9.17) is 9.72 Å². The van der Waals surface area contributed by atoms with Crippen LogP contribution in [0.3, 0.4) is 0 Å². The van der Waals surface area contributed by atoms with E-state index in [1.165, 1.54) is 0 Å². The van der Waals surface area contributed by atoms with E-state index in [9.17, 15) is 4.79 Å². The molecule has 0 amide bonds. The van der Waals surface area contributed by atoms with Crippen molar-refractivity contribution < 1.29 is 4.74 Å². The Hall–Kier alpha value is -3.18. The molecule has 1 N–H and O–H groups in total. The van der Waals surface area contributed by atoms with Crippen LogP contribution < -0.4 is 5.56 Å². The molecule has 0 aliphatic heterocycles. The summed E-state index contributed by atoms with van der Waals surface area (Å²) in [6, 6.07) is 19.9. The third-order valence-electron chi connectivity index (χ3n) is 4.73. The summed E-state index contributed by atoms with van der Waals surface area (Å²) in [4.78, 5) is 18.0. The van der Waals surface area contributed by atoms with Crippen LogP contribution in [0.15, 0.2) is 65.5 Å². The molecule has 0 aliphatic rings. The predicted molar refractivity (Wildman–Crippen MR) is 106 cm³/mol. The Bertz CT molecular complexity index is 1130. The van der Waals surface area contributed by atoms with E-state index in [0.717, 1.165) is 28.1 Å². The lowest BCUT2D eigenvalue weighted by Crippen LogP contribution is -2.22. The Kier molecular flexibility index (Phi) is 4.60. The first-order valence-corrected chi connectivity index (χ1v) is 8.90. The minimum atomic E-state index is -0.0686. The molecule has 0 spiro atoms. The van der Waals surface area contributed by atoms with Crippen molar-refractivity contribution in [1.29, 1.82) is 0 Å². The van der Waals surface area contributed by atoms with Gasteiger partial charge in [0.05, 0.1) is 12.3 Å². The number of ether oxygens (including phenoxy) is 1. The number of hydrogen-bond acceptors (Lipinski definition) is 3. The van der Waals surface area contributed by atoms with Crippen LogP contribution in [0.1, 0.15) is 22.5 Å². The third kappa shape index (κ3) is 3.17. The van der Waals surface area contributed by atoms with Gasteiger partial charge in [-0.3, -0.25) is 9.89 Å². The zero-order valence-electron chi connectivity index (χ0n) is 15.4. The fourth-order valence-corrected chi connectivity index (χ4v) is 3.42. The van der Waals surface area contributed by atoms with E-state index in [2.05, 4.69) is 5.10 Å². The zero-order chi connectivity index (χ0) is 18.8. The van der Waals surface area contributed by atoms with Gasteiger partial charge in [0.1, 0.15) is 0 Å². The number of nitrogens with zero attached hydrogens (tertiary/aromatic N) is 2. The van der Waals surface area contributed by atoms with Crippen LogP contribution >= 0.6 is 0 Å². The fraction of sp³-hybridized carbons (Fsp3) is 0.182. The second-order valence-electron chi connectivity index (χ2n) is 6.57. The molecule has 4 aromatic rings. The molecule has 0 atom stereocenters. The van der Waals surface area contributed by atoms with Gasteiger partial charge in [-0.25, -0.2) is 9.50 Å². The van der Waals surface area contributed by atoms with Crippen LogP contribution in [0.4, 0.5) is 0 Å². The summed E-state index contributed by atoms with van der Waals surface area (Å²) in [6.07, 6.45) is 0.556. The Morgan fingerprint density at radius 3 is 2.37 bits per heavy atom. The number of hydrogen-bond donors (Lipinski definition) is 1. The molecular weight excluding hydrogens is 338 g/mol. The monoisotopic (exact) mass is 359 g/mol. The lowest BCUT2D eigenvalue weighted by molar-refractivity contribution is 0.181. The van der Waals surface area contributed by atoms with Gasteiger partial charge in [0, 0.05) is 30.4 Å². The van der Waals surface area contributed by atoms with Crippen LogP contribution in [0.5, 0.6) is 0 Å². The van der Waals surface area contributed by atoms with Crippen LogP contribution in [-0.2, 0) is 17.8 Å². The largest absolute Gasteiger partial charge is 0.378 e. The number of aromatic amines is 1.